The fourth-order valence-corrected chi connectivity index (χ4v) is 3.47. The first-order valence-corrected chi connectivity index (χ1v) is 10.8. The van der Waals surface area contributed by atoms with E-state index in [1.807, 2.05) is 24.3 Å². The van der Waals surface area contributed by atoms with E-state index in [0.29, 0.717) is 11.5 Å². The van der Waals surface area contributed by atoms with Crippen molar-refractivity contribution in [3.8, 4) is 11.1 Å². The van der Waals surface area contributed by atoms with Crippen molar-refractivity contribution in [3.05, 3.63) is 71.3 Å². The number of unbranched alkanes of at least 4 members (excludes halogenated alkanes) is 1. The monoisotopic (exact) mass is 405 g/mol. The topological polar surface area (TPSA) is 68.0 Å². The smallest absolute Gasteiger partial charge is 0.336 e. The standard InChI is InChI=1S/C25H31N3O2/c1-4-5-16-28-24(26-23(27-28)15-10-18(2)3)17-19-11-13-20(14-12-19)21-8-6-7-9-22(21)25(29)30/h6-9,11-14,18H,4-5,10,15-17H2,1-3H3,(H,29,30). The Kier molecular flexibility index (Phi) is 7.39. The average Bonchev–Trinajstić information content (AvgIpc) is 3.12. The zero-order valence-corrected chi connectivity index (χ0v) is 18.1. The van der Waals surface area contributed by atoms with Crippen molar-refractivity contribution in [1.82, 2.24) is 14.8 Å². The van der Waals surface area contributed by atoms with Crippen LogP contribution in [0.2, 0.25) is 0 Å². The summed E-state index contributed by atoms with van der Waals surface area (Å²) in [6.45, 7) is 7.52. The van der Waals surface area contributed by atoms with Gasteiger partial charge in [0, 0.05) is 19.4 Å². The third-order valence-corrected chi connectivity index (χ3v) is 5.25. The first kappa shape index (κ1) is 21.8. The summed E-state index contributed by atoms with van der Waals surface area (Å²) in [6, 6.07) is 15.2. The van der Waals surface area contributed by atoms with Gasteiger partial charge in [0.2, 0.25) is 0 Å². The van der Waals surface area contributed by atoms with Crippen LogP contribution in [0.25, 0.3) is 11.1 Å². The molecule has 0 unspecified atom stereocenters. The van der Waals surface area contributed by atoms with Crippen LogP contribution in [0.15, 0.2) is 48.5 Å². The second kappa shape index (κ2) is 10.2. The molecule has 5 heteroatoms. The Labute approximate surface area is 178 Å². The molecular formula is C25H31N3O2. The molecule has 1 heterocycles. The minimum Gasteiger partial charge on any atom is -0.478 e. The molecule has 2 aromatic carbocycles. The van der Waals surface area contributed by atoms with Gasteiger partial charge in [0.1, 0.15) is 5.82 Å². The molecule has 30 heavy (non-hydrogen) atoms. The summed E-state index contributed by atoms with van der Waals surface area (Å²) in [5.74, 6) is 1.66. The van der Waals surface area contributed by atoms with Crippen molar-refractivity contribution in [1.29, 1.82) is 0 Å². The van der Waals surface area contributed by atoms with E-state index >= 15 is 0 Å². The Balaban J connectivity index is 1.80. The van der Waals surface area contributed by atoms with E-state index < -0.39 is 5.97 Å². The molecule has 0 saturated carbocycles. The number of benzene rings is 2. The van der Waals surface area contributed by atoms with Crippen LogP contribution in [0.4, 0.5) is 0 Å². The first-order valence-electron chi connectivity index (χ1n) is 10.8. The van der Waals surface area contributed by atoms with Gasteiger partial charge in [0.25, 0.3) is 0 Å². The maximum absolute atomic E-state index is 11.5. The van der Waals surface area contributed by atoms with E-state index in [-0.39, 0.29) is 0 Å². The Morgan fingerprint density at radius 3 is 2.50 bits per heavy atom. The number of hydrogen-bond donors (Lipinski definition) is 1. The Hall–Kier alpha value is -2.95. The van der Waals surface area contributed by atoms with Gasteiger partial charge < -0.3 is 5.11 Å². The molecule has 1 aromatic heterocycles. The highest BCUT2D eigenvalue weighted by Crippen LogP contribution is 2.24. The number of rotatable bonds is 10. The molecule has 3 rings (SSSR count). The zero-order chi connectivity index (χ0) is 21.5. The van der Waals surface area contributed by atoms with E-state index in [0.717, 1.165) is 67.0 Å². The number of carboxylic acid groups (broad SMARTS) is 1. The highest BCUT2D eigenvalue weighted by atomic mass is 16.4. The number of aryl methyl sites for hydroxylation is 2. The number of nitrogens with zero attached hydrogens (tertiary/aromatic N) is 3. The van der Waals surface area contributed by atoms with E-state index in [1.54, 1.807) is 12.1 Å². The van der Waals surface area contributed by atoms with Gasteiger partial charge in [-0.2, -0.15) is 5.10 Å². The summed E-state index contributed by atoms with van der Waals surface area (Å²) in [4.78, 5) is 16.3. The molecule has 3 aromatic rings. The van der Waals surface area contributed by atoms with Crippen LogP contribution in [0.3, 0.4) is 0 Å². The molecule has 5 nitrogen and oxygen atoms in total. The van der Waals surface area contributed by atoms with Crippen molar-refractivity contribution >= 4 is 5.97 Å². The van der Waals surface area contributed by atoms with Crippen LogP contribution in [-0.4, -0.2) is 25.8 Å². The minimum atomic E-state index is -0.910. The van der Waals surface area contributed by atoms with Crippen LogP contribution in [0.5, 0.6) is 0 Å². The SMILES string of the molecule is CCCCn1nc(CCC(C)C)nc1Cc1ccc(-c2ccccc2C(=O)O)cc1. The fourth-order valence-electron chi connectivity index (χ4n) is 3.47. The predicted octanol–water partition coefficient (Wildman–Crippen LogP) is 5.62. The van der Waals surface area contributed by atoms with E-state index in [1.165, 1.54) is 0 Å². The number of aromatic carboxylic acids is 1. The van der Waals surface area contributed by atoms with Crippen LogP contribution in [-0.2, 0) is 19.4 Å². The summed E-state index contributed by atoms with van der Waals surface area (Å²) in [7, 11) is 0. The highest BCUT2D eigenvalue weighted by Gasteiger charge is 2.13. The predicted molar refractivity (Wildman–Crippen MR) is 120 cm³/mol. The van der Waals surface area contributed by atoms with Gasteiger partial charge in [-0.1, -0.05) is 69.7 Å². The zero-order valence-electron chi connectivity index (χ0n) is 18.1. The number of carboxylic acids is 1. The molecule has 0 spiro atoms. The van der Waals surface area contributed by atoms with Crippen molar-refractivity contribution in [2.45, 2.75) is 59.4 Å². The summed E-state index contributed by atoms with van der Waals surface area (Å²) >= 11 is 0. The highest BCUT2D eigenvalue weighted by molar-refractivity contribution is 5.95. The van der Waals surface area contributed by atoms with E-state index in [2.05, 4.69) is 37.6 Å². The maximum atomic E-state index is 11.5. The maximum Gasteiger partial charge on any atom is 0.336 e. The van der Waals surface area contributed by atoms with Gasteiger partial charge in [-0.25, -0.2) is 14.5 Å². The summed E-state index contributed by atoms with van der Waals surface area (Å²) in [6.07, 6.45) is 4.94. The first-order chi connectivity index (χ1) is 14.5. The molecule has 0 atom stereocenters. The molecule has 0 aliphatic rings. The minimum absolute atomic E-state index is 0.319. The second-order valence-electron chi connectivity index (χ2n) is 8.18. The average molecular weight is 406 g/mol. The molecule has 0 fully saturated rings. The van der Waals surface area contributed by atoms with Crippen molar-refractivity contribution in [2.24, 2.45) is 5.92 Å². The van der Waals surface area contributed by atoms with Crippen LogP contribution >= 0.6 is 0 Å². The molecule has 158 valence electrons. The Bertz CT molecular complexity index is 974. The molecule has 0 amide bonds. The van der Waals surface area contributed by atoms with Gasteiger partial charge >= 0.3 is 5.97 Å². The van der Waals surface area contributed by atoms with Crippen molar-refractivity contribution < 1.29 is 9.90 Å². The largest absolute Gasteiger partial charge is 0.478 e. The van der Waals surface area contributed by atoms with Gasteiger partial charge in [-0.15, -0.1) is 0 Å². The van der Waals surface area contributed by atoms with Gasteiger partial charge in [-0.3, -0.25) is 0 Å². The lowest BCUT2D eigenvalue weighted by Gasteiger charge is -2.08. The lowest BCUT2D eigenvalue weighted by atomic mass is 9.98. The van der Waals surface area contributed by atoms with Gasteiger partial charge in [0.05, 0.1) is 5.56 Å². The van der Waals surface area contributed by atoms with Crippen molar-refractivity contribution in [2.75, 3.05) is 0 Å². The lowest BCUT2D eigenvalue weighted by Crippen LogP contribution is -2.06. The molecule has 0 radical (unpaired) electrons. The van der Waals surface area contributed by atoms with Gasteiger partial charge in [0.15, 0.2) is 5.82 Å². The molecular weight excluding hydrogens is 374 g/mol. The Morgan fingerprint density at radius 1 is 1.10 bits per heavy atom. The van der Waals surface area contributed by atoms with Crippen LogP contribution in [0.1, 0.15) is 67.6 Å². The quantitative estimate of drug-likeness (QED) is 0.475. The molecule has 1 N–H and O–H groups in total. The third-order valence-electron chi connectivity index (χ3n) is 5.25. The van der Waals surface area contributed by atoms with Crippen molar-refractivity contribution in [3.63, 3.8) is 0 Å². The molecule has 0 aliphatic carbocycles. The van der Waals surface area contributed by atoms with E-state index in [9.17, 15) is 9.90 Å². The Morgan fingerprint density at radius 2 is 1.83 bits per heavy atom. The normalized spacial score (nSPS) is 11.2. The van der Waals surface area contributed by atoms with Gasteiger partial charge in [-0.05, 0) is 41.5 Å². The summed E-state index contributed by atoms with van der Waals surface area (Å²) in [5, 5.41) is 14.2. The molecule has 0 aliphatic heterocycles. The third kappa shape index (κ3) is 5.56. The summed E-state index contributed by atoms with van der Waals surface area (Å²) < 4.78 is 2.06. The number of hydrogen-bond acceptors (Lipinski definition) is 3. The number of aromatic nitrogens is 3. The van der Waals surface area contributed by atoms with Crippen LogP contribution in [0, 0.1) is 5.92 Å². The molecule has 0 bridgehead atoms. The van der Waals surface area contributed by atoms with Crippen LogP contribution < -0.4 is 0 Å². The number of carbonyl (C=O) groups is 1. The molecule has 0 saturated heterocycles. The summed E-state index contributed by atoms with van der Waals surface area (Å²) in [5.41, 5.74) is 3.10. The fraction of sp³-hybridized carbons (Fsp3) is 0.400. The second-order valence-corrected chi connectivity index (χ2v) is 8.18. The lowest BCUT2D eigenvalue weighted by molar-refractivity contribution is 0.0697. The van der Waals surface area contributed by atoms with E-state index in [4.69, 9.17) is 10.1 Å².